The quantitative estimate of drug-likeness (QED) is 0.467. The molecule has 0 atom stereocenters. The summed E-state index contributed by atoms with van der Waals surface area (Å²) in [5.74, 6) is -0.947. The zero-order chi connectivity index (χ0) is 8.20. The molecular weight excluding hydrogens is 178 g/mol. The first kappa shape index (κ1) is 9.77. The van der Waals surface area contributed by atoms with Crippen LogP contribution in [0.5, 0.6) is 0 Å². The number of carbonyl (C=O) groups is 1. The van der Waals surface area contributed by atoms with Crippen molar-refractivity contribution in [3.8, 4) is 0 Å². The highest BCUT2D eigenvalue weighted by molar-refractivity contribution is 8.34. The smallest absolute Gasteiger partial charge is 0.443 e. The molecule has 57 valence electrons. The molecule has 0 aliphatic rings. The molecule has 1 radical (unpaired) electrons. The monoisotopic (exact) mass is 183 g/mol. The molecule has 0 saturated carbocycles. The van der Waals surface area contributed by atoms with Crippen LogP contribution in [0.3, 0.4) is 0 Å². The van der Waals surface area contributed by atoms with Gasteiger partial charge in [0.05, 0.1) is 6.61 Å². The Balaban J connectivity index is 3.82. The topological polar surface area (TPSA) is 60.4 Å². The van der Waals surface area contributed by atoms with Crippen LogP contribution in [0.1, 0.15) is 6.92 Å². The molecule has 0 fully saturated rings. The van der Waals surface area contributed by atoms with Gasteiger partial charge in [-0.2, -0.15) is 0 Å². The first-order valence-electron chi connectivity index (χ1n) is 2.42. The maximum absolute atomic E-state index is 10.3. The lowest BCUT2D eigenvalue weighted by molar-refractivity contribution is 0.179. The Morgan fingerprint density at radius 2 is 2.20 bits per heavy atom. The molecule has 0 amide bonds. The molecule has 0 aromatic carbocycles. The first-order valence-corrected chi connectivity index (χ1v) is 4.79. The molecule has 10 heavy (non-hydrogen) atoms. The Labute approximate surface area is 64.1 Å². The maximum atomic E-state index is 10.3. The third kappa shape index (κ3) is 5.90. The Morgan fingerprint density at radius 3 is 2.50 bits per heavy atom. The molecule has 0 spiro atoms. The van der Waals surface area contributed by atoms with E-state index in [0.717, 1.165) is 0 Å². The largest absolute Gasteiger partial charge is 0.473 e. The van der Waals surface area contributed by atoms with Gasteiger partial charge in [0, 0.05) is 10.7 Å². The minimum Gasteiger partial charge on any atom is -0.473 e. The zero-order valence-electron chi connectivity index (χ0n) is 5.20. The highest BCUT2D eigenvalue weighted by Gasteiger charge is 2.18. The lowest BCUT2D eigenvalue weighted by atomic mass is 10.1. The molecule has 0 aromatic heterocycles. The van der Waals surface area contributed by atoms with Gasteiger partial charge in [-0.1, -0.05) is 0 Å². The van der Waals surface area contributed by atoms with Gasteiger partial charge in [-0.3, -0.25) is 4.79 Å². The predicted molar refractivity (Wildman–Crippen MR) is 37.5 cm³/mol. The third-order valence-corrected chi connectivity index (χ3v) is 1.26. The van der Waals surface area contributed by atoms with E-state index in [2.05, 4.69) is 15.4 Å². The van der Waals surface area contributed by atoms with Crippen LogP contribution in [0, 0.1) is 0 Å². The molecule has 0 aliphatic carbocycles. The van der Waals surface area contributed by atoms with Crippen molar-refractivity contribution in [3.05, 3.63) is 0 Å². The van der Waals surface area contributed by atoms with Crippen LogP contribution >= 0.6 is 10.7 Å². The fourth-order valence-corrected chi connectivity index (χ4v) is 0.807. The van der Waals surface area contributed by atoms with Gasteiger partial charge in [0.1, 0.15) is 0 Å². The molecule has 0 aliphatic heterocycles. The Morgan fingerprint density at radius 1 is 1.70 bits per heavy atom. The minimum atomic E-state index is -3.87. The summed E-state index contributed by atoms with van der Waals surface area (Å²) >= 11 is 0. The van der Waals surface area contributed by atoms with Crippen LogP contribution in [0.2, 0.25) is 0 Å². The van der Waals surface area contributed by atoms with E-state index in [0.29, 0.717) is 6.56 Å². The van der Waals surface area contributed by atoms with Crippen molar-refractivity contribution >= 4 is 32.0 Å². The SMILES string of the molecule is CCOC(=O)[B]S(=O)(=O)Cl. The van der Waals surface area contributed by atoms with E-state index in [4.69, 9.17) is 0 Å². The van der Waals surface area contributed by atoms with Gasteiger partial charge >= 0.3 is 6.56 Å². The van der Waals surface area contributed by atoms with Crippen LogP contribution in [0.4, 0.5) is 4.79 Å². The molecular formula is C3H5BClO4S. The summed E-state index contributed by atoms with van der Waals surface area (Å²) in [4.78, 5) is 10.3. The summed E-state index contributed by atoms with van der Waals surface area (Å²) in [6, 6.07) is 0. The van der Waals surface area contributed by atoms with E-state index in [-0.39, 0.29) is 6.61 Å². The zero-order valence-corrected chi connectivity index (χ0v) is 6.78. The molecule has 4 nitrogen and oxygen atoms in total. The Hall–Kier alpha value is -0.225. The first-order chi connectivity index (χ1) is 4.45. The number of hydrogen-bond acceptors (Lipinski definition) is 4. The summed E-state index contributed by atoms with van der Waals surface area (Å²) < 4.78 is 24.5. The average Bonchev–Trinajstić information content (AvgIpc) is 1.59. The van der Waals surface area contributed by atoms with Crippen molar-refractivity contribution in [2.24, 2.45) is 0 Å². The second kappa shape index (κ2) is 3.83. The van der Waals surface area contributed by atoms with Crippen LogP contribution in [-0.4, -0.2) is 27.5 Å². The highest BCUT2D eigenvalue weighted by atomic mass is 35.7. The van der Waals surface area contributed by atoms with Crippen LogP contribution in [0.25, 0.3) is 0 Å². The van der Waals surface area contributed by atoms with Gasteiger partial charge in [-0.05, 0) is 6.92 Å². The second-order valence-corrected chi connectivity index (χ2v) is 3.82. The van der Waals surface area contributed by atoms with E-state index in [1.54, 1.807) is 6.92 Å². The van der Waals surface area contributed by atoms with Crippen molar-refractivity contribution in [2.45, 2.75) is 6.92 Å². The number of rotatable bonds is 3. The van der Waals surface area contributed by atoms with E-state index in [1.807, 2.05) is 0 Å². The van der Waals surface area contributed by atoms with Gasteiger partial charge in [-0.25, -0.2) is 8.42 Å². The molecule has 0 bridgehead atoms. The normalized spacial score (nSPS) is 10.6. The van der Waals surface area contributed by atoms with Crippen molar-refractivity contribution < 1.29 is 17.9 Å². The van der Waals surface area contributed by atoms with Gasteiger partial charge in [0.2, 0.25) is 0 Å². The lowest BCUT2D eigenvalue weighted by Gasteiger charge is -1.95. The van der Waals surface area contributed by atoms with Gasteiger partial charge in [0.25, 0.3) is 5.87 Å². The Bertz CT molecular complexity index is 211. The van der Waals surface area contributed by atoms with Crippen molar-refractivity contribution in [3.63, 3.8) is 0 Å². The van der Waals surface area contributed by atoms with Crippen molar-refractivity contribution in [1.29, 1.82) is 0 Å². The summed E-state index contributed by atoms with van der Waals surface area (Å²) in [6.45, 7) is 2.01. The number of hydrogen-bond donors (Lipinski definition) is 0. The Kier molecular flexibility index (Phi) is 3.74. The number of halogens is 1. The lowest BCUT2D eigenvalue weighted by Crippen LogP contribution is -2.16. The maximum Gasteiger partial charge on any atom is 0.443 e. The van der Waals surface area contributed by atoms with E-state index in [9.17, 15) is 13.2 Å². The molecule has 7 heteroatoms. The standard InChI is InChI=1S/C3H5BClO4S/c1-2-9-3(6)4-10(5,7)8/h2H2,1H3. The van der Waals surface area contributed by atoms with Crippen molar-refractivity contribution in [1.82, 2.24) is 0 Å². The molecule has 0 heterocycles. The van der Waals surface area contributed by atoms with Crippen LogP contribution < -0.4 is 0 Å². The van der Waals surface area contributed by atoms with Gasteiger partial charge in [0.15, 0.2) is 8.90 Å². The number of carbonyl (C=O) groups excluding carboxylic acids is 1. The molecule has 0 unspecified atom stereocenters. The van der Waals surface area contributed by atoms with E-state index in [1.165, 1.54) is 0 Å². The average molecular weight is 183 g/mol. The van der Waals surface area contributed by atoms with Crippen LogP contribution in [-0.2, 0) is 13.6 Å². The highest BCUT2D eigenvalue weighted by Crippen LogP contribution is 1.94. The molecule has 0 saturated heterocycles. The van der Waals surface area contributed by atoms with E-state index >= 15 is 0 Å². The second-order valence-electron chi connectivity index (χ2n) is 1.35. The fourth-order valence-electron chi connectivity index (χ4n) is 0.291. The summed E-state index contributed by atoms with van der Waals surface area (Å²) in [7, 11) is 0.807. The third-order valence-electron chi connectivity index (χ3n) is 0.524. The van der Waals surface area contributed by atoms with Crippen molar-refractivity contribution in [2.75, 3.05) is 6.61 Å². The fraction of sp³-hybridized carbons (Fsp3) is 0.667. The molecule has 0 N–H and O–H groups in total. The molecule has 0 aromatic rings. The summed E-state index contributed by atoms with van der Waals surface area (Å²) in [5.41, 5.74) is 0. The van der Waals surface area contributed by atoms with Gasteiger partial charge in [-0.15, -0.1) is 0 Å². The summed E-state index contributed by atoms with van der Waals surface area (Å²) in [6.07, 6.45) is 0. The van der Waals surface area contributed by atoms with E-state index < -0.39 is 14.8 Å². The summed E-state index contributed by atoms with van der Waals surface area (Å²) in [5, 5.41) is 0. The number of ether oxygens (including phenoxy) is 1. The molecule has 0 rings (SSSR count). The van der Waals surface area contributed by atoms with Crippen LogP contribution in [0.15, 0.2) is 0 Å². The minimum absolute atomic E-state index is 0.127. The van der Waals surface area contributed by atoms with Gasteiger partial charge < -0.3 is 4.74 Å². The predicted octanol–water partition coefficient (Wildman–Crippen LogP) is 0.331.